The number of thioether (sulfide) groups is 1. The molecular weight excluding hydrogens is 254 g/mol. The summed E-state index contributed by atoms with van der Waals surface area (Å²) in [4.78, 5) is 12.5. The van der Waals surface area contributed by atoms with Crippen molar-refractivity contribution in [1.29, 1.82) is 0 Å². The van der Waals surface area contributed by atoms with Gasteiger partial charge in [0.2, 0.25) is 5.89 Å². The van der Waals surface area contributed by atoms with Gasteiger partial charge in [-0.2, -0.15) is 4.98 Å². The Balaban J connectivity index is 2.08. The lowest BCUT2D eigenvalue weighted by atomic mass is 10.5. The van der Waals surface area contributed by atoms with Crippen molar-refractivity contribution in [2.24, 2.45) is 5.84 Å². The fourth-order valence-electron chi connectivity index (χ4n) is 1.26. The van der Waals surface area contributed by atoms with Crippen molar-refractivity contribution in [3.05, 3.63) is 17.8 Å². The minimum Gasteiger partial charge on any atom is -0.361 e. The van der Waals surface area contributed by atoms with Gasteiger partial charge in [0.05, 0.1) is 6.54 Å². The fourth-order valence-corrected chi connectivity index (χ4v) is 1.64. The number of rotatable bonds is 5. The highest BCUT2D eigenvalue weighted by atomic mass is 32.2. The van der Waals surface area contributed by atoms with Gasteiger partial charge >= 0.3 is 0 Å². The summed E-state index contributed by atoms with van der Waals surface area (Å²) in [6.07, 6.45) is 1.89. The highest BCUT2D eigenvalue weighted by Crippen LogP contribution is 2.16. The molecule has 0 radical (unpaired) electrons. The van der Waals surface area contributed by atoms with E-state index in [9.17, 15) is 0 Å². The predicted octanol–water partition coefficient (Wildman–Crippen LogP) is 0.788. The van der Waals surface area contributed by atoms with Crippen molar-refractivity contribution in [1.82, 2.24) is 20.1 Å². The van der Waals surface area contributed by atoms with Gasteiger partial charge in [0.15, 0.2) is 11.0 Å². The highest BCUT2D eigenvalue weighted by Gasteiger charge is 2.06. The van der Waals surface area contributed by atoms with Crippen molar-refractivity contribution in [3.8, 4) is 0 Å². The number of hydrogen-bond acceptors (Lipinski definition) is 9. The normalized spacial score (nSPS) is 10.4. The molecule has 96 valence electrons. The number of nitrogen functional groups attached to an aromatic ring is 1. The molecule has 9 heteroatoms. The average Bonchev–Trinajstić information content (AvgIpc) is 2.81. The maximum atomic E-state index is 5.33. The molecule has 8 nitrogen and oxygen atoms in total. The maximum Gasteiger partial charge on any atom is 0.245 e. The van der Waals surface area contributed by atoms with E-state index < -0.39 is 0 Å². The summed E-state index contributed by atoms with van der Waals surface area (Å²) in [5.74, 6) is 7.61. The van der Waals surface area contributed by atoms with E-state index in [0.29, 0.717) is 35.1 Å². The smallest absolute Gasteiger partial charge is 0.245 e. The Morgan fingerprint density at radius 1 is 1.33 bits per heavy atom. The Bertz CT molecular complexity index is 507. The van der Waals surface area contributed by atoms with Crippen LogP contribution in [0.15, 0.2) is 15.7 Å². The van der Waals surface area contributed by atoms with Crippen LogP contribution in [0.3, 0.4) is 0 Å². The summed E-state index contributed by atoms with van der Waals surface area (Å²) in [7, 11) is 0. The number of aryl methyl sites for hydroxylation is 1. The van der Waals surface area contributed by atoms with Crippen molar-refractivity contribution >= 4 is 23.4 Å². The molecule has 2 aromatic rings. The van der Waals surface area contributed by atoms with Crippen LogP contribution in [0.25, 0.3) is 0 Å². The Labute approximate surface area is 108 Å². The minimum atomic E-state index is 0.398. The van der Waals surface area contributed by atoms with Crippen LogP contribution in [0.4, 0.5) is 11.6 Å². The topological polar surface area (TPSA) is 115 Å². The maximum absolute atomic E-state index is 5.33. The molecular formula is C9H13N7OS. The van der Waals surface area contributed by atoms with E-state index in [2.05, 4.69) is 30.9 Å². The lowest BCUT2D eigenvalue weighted by Crippen LogP contribution is -2.11. The molecule has 2 heterocycles. The van der Waals surface area contributed by atoms with Crippen LogP contribution in [0, 0.1) is 6.92 Å². The van der Waals surface area contributed by atoms with Crippen LogP contribution in [-0.2, 0) is 6.54 Å². The van der Waals surface area contributed by atoms with Crippen molar-refractivity contribution in [3.63, 3.8) is 0 Å². The monoisotopic (exact) mass is 267 g/mol. The van der Waals surface area contributed by atoms with E-state index in [1.54, 1.807) is 13.0 Å². The van der Waals surface area contributed by atoms with Crippen molar-refractivity contribution in [2.75, 3.05) is 17.0 Å². The zero-order chi connectivity index (χ0) is 13.0. The number of nitrogens with zero attached hydrogens (tertiary/aromatic N) is 4. The molecule has 0 amide bonds. The second-order valence-corrected chi connectivity index (χ2v) is 4.13. The number of hydrogen-bond donors (Lipinski definition) is 3. The molecule has 18 heavy (non-hydrogen) atoms. The van der Waals surface area contributed by atoms with E-state index in [1.807, 2.05) is 6.26 Å². The quantitative estimate of drug-likeness (QED) is 0.313. The summed E-state index contributed by atoms with van der Waals surface area (Å²) in [5.41, 5.74) is 2.49. The van der Waals surface area contributed by atoms with Crippen molar-refractivity contribution in [2.45, 2.75) is 18.6 Å². The largest absolute Gasteiger partial charge is 0.361 e. The number of nitrogens with two attached hydrogens (primary N) is 1. The number of nitrogens with one attached hydrogen (secondary N) is 2. The molecule has 0 atom stereocenters. The molecule has 0 aliphatic heterocycles. The van der Waals surface area contributed by atoms with Gasteiger partial charge in [-0.25, -0.2) is 15.8 Å². The molecule has 0 saturated heterocycles. The van der Waals surface area contributed by atoms with Gasteiger partial charge in [0.1, 0.15) is 11.6 Å². The Morgan fingerprint density at radius 3 is 2.72 bits per heavy atom. The molecule has 0 unspecified atom stereocenters. The summed E-state index contributed by atoms with van der Waals surface area (Å²) in [6, 6.07) is 1.70. The third kappa shape index (κ3) is 3.08. The highest BCUT2D eigenvalue weighted by molar-refractivity contribution is 7.98. The van der Waals surface area contributed by atoms with E-state index in [1.165, 1.54) is 11.8 Å². The van der Waals surface area contributed by atoms with Gasteiger partial charge in [-0.3, -0.25) is 0 Å². The SMILES string of the molecule is CSc1nc(NN)cc(NCc2nc(C)no2)n1. The first-order chi connectivity index (χ1) is 8.71. The Kier molecular flexibility index (Phi) is 3.95. The number of hydrazine groups is 1. The summed E-state index contributed by atoms with van der Waals surface area (Å²) >= 11 is 1.43. The standard InChI is InChI=1S/C9H13N7OS/c1-5-12-8(17-16-5)4-11-6-3-7(15-10)14-9(13-6)18-2/h3H,4,10H2,1-2H3,(H2,11,13,14,15). The van der Waals surface area contributed by atoms with Gasteiger partial charge in [-0.15, -0.1) is 0 Å². The molecule has 2 rings (SSSR count). The molecule has 0 bridgehead atoms. The minimum absolute atomic E-state index is 0.398. The molecule has 0 aromatic carbocycles. The van der Waals surface area contributed by atoms with Crippen LogP contribution in [0.1, 0.15) is 11.7 Å². The van der Waals surface area contributed by atoms with Crippen LogP contribution >= 0.6 is 11.8 Å². The van der Waals surface area contributed by atoms with Gasteiger partial charge < -0.3 is 15.3 Å². The summed E-state index contributed by atoms with van der Waals surface area (Å²) in [5, 5.41) is 7.39. The Morgan fingerprint density at radius 2 is 2.11 bits per heavy atom. The van der Waals surface area contributed by atoms with E-state index in [0.717, 1.165) is 0 Å². The first-order valence-corrected chi connectivity index (χ1v) is 6.36. The zero-order valence-corrected chi connectivity index (χ0v) is 10.8. The molecule has 0 aliphatic carbocycles. The molecule has 0 fully saturated rings. The van der Waals surface area contributed by atoms with Gasteiger partial charge in [-0.1, -0.05) is 16.9 Å². The number of anilines is 2. The van der Waals surface area contributed by atoms with E-state index in [-0.39, 0.29) is 0 Å². The van der Waals surface area contributed by atoms with Crippen LogP contribution < -0.4 is 16.6 Å². The number of aromatic nitrogens is 4. The van der Waals surface area contributed by atoms with Crippen LogP contribution in [-0.4, -0.2) is 26.4 Å². The Hall–Kier alpha value is -1.87. The third-order valence-corrected chi connectivity index (χ3v) is 2.57. The summed E-state index contributed by atoms with van der Waals surface area (Å²) in [6.45, 7) is 2.16. The zero-order valence-electron chi connectivity index (χ0n) is 9.97. The van der Waals surface area contributed by atoms with Gasteiger partial charge in [0.25, 0.3) is 0 Å². The van der Waals surface area contributed by atoms with Crippen LogP contribution in [0.5, 0.6) is 0 Å². The summed E-state index contributed by atoms with van der Waals surface area (Å²) < 4.78 is 4.99. The lowest BCUT2D eigenvalue weighted by molar-refractivity contribution is 0.379. The molecule has 4 N–H and O–H groups in total. The average molecular weight is 267 g/mol. The first kappa shape index (κ1) is 12.6. The third-order valence-electron chi connectivity index (χ3n) is 2.03. The molecule has 2 aromatic heterocycles. The van der Waals surface area contributed by atoms with E-state index >= 15 is 0 Å². The predicted molar refractivity (Wildman–Crippen MR) is 68.0 cm³/mol. The van der Waals surface area contributed by atoms with Gasteiger partial charge in [0, 0.05) is 6.07 Å². The fraction of sp³-hybridized carbons (Fsp3) is 0.333. The molecule has 0 spiro atoms. The lowest BCUT2D eigenvalue weighted by Gasteiger charge is -2.06. The molecule has 0 aliphatic rings. The van der Waals surface area contributed by atoms with Gasteiger partial charge in [-0.05, 0) is 13.2 Å². The van der Waals surface area contributed by atoms with Crippen molar-refractivity contribution < 1.29 is 4.52 Å². The first-order valence-electron chi connectivity index (χ1n) is 5.14. The molecule has 0 saturated carbocycles. The second kappa shape index (κ2) is 5.65. The van der Waals surface area contributed by atoms with Crippen LogP contribution in [0.2, 0.25) is 0 Å². The second-order valence-electron chi connectivity index (χ2n) is 3.36. The van der Waals surface area contributed by atoms with E-state index in [4.69, 9.17) is 10.4 Å².